The summed E-state index contributed by atoms with van der Waals surface area (Å²) in [5.41, 5.74) is 1.81. The Morgan fingerprint density at radius 1 is 1.05 bits per heavy atom. The van der Waals surface area contributed by atoms with Gasteiger partial charge in [0.2, 0.25) is 0 Å². The fraction of sp³-hybridized carbons (Fsp3) is 0.357. The van der Waals surface area contributed by atoms with Gasteiger partial charge in [0.05, 0.1) is 16.3 Å². The van der Waals surface area contributed by atoms with Crippen molar-refractivity contribution in [3.05, 3.63) is 59.5 Å². The fourth-order valence-electron chi connectivity index (χ4n) is 4.87. The molecule has 1 unspecified atom stereocenters. The third-order valence-electron chi connectivity index (χ3n) is 6.78. The van der Waals surface area contributed by atoms with E-state index in [1.54, 1.807) is 36.4 Å². The number of benzene rings is 1. The molecule has 1 fully saturated rings. The molecule has 10 nitrogen and oxygen atoms in total. The van der Waals surface area contributed by atoms with Crippen molar-refractivity contribution in [2.45, 2.75) is 56.6 Å². The fourth-order valence-corrected chi connectivity index (χ4v) is 5.71. The van der Waals surface area contributed by atoms with Gasteiger partial charge in [-0.05, 0) is 48.9 Å². The average molecular weight is 582 g/mol. The highest BCUT2D eigenvalue weighted by Gasteiger charge is 2.29. The number of hydrogen-bond acceptors (Lipinski definition) is 9. The van der Waals surface area contributed by atoms with Gasteiger partial charge in [-0.25, -0.2) is 32.2 Å². The quantitative estimate of drug-likeness (QED) is 0.244. The van der Waals surface area contributed by atoms with Gasteiger partial charge >= 0.3 is 0 Å². The topological polar surface area (TPSA) is 135 Å². The minimum absolute atomic E-state index is 0.0354. The Bertz CT molecular complexity index is 1740. The van der Waals surface area contributed by atoms with Crippen LogP contribution in [-0.2, 0) is 14.6 Å². The number of hydrogen-bond donors (Lipinski definition) is 2. The number of alkyl halides is 2. The van der Waals surface area contributed by atoms with Crippen LogP contribution in [0.4, 0.5) is 31.8 Å². The minimum Gasteiger partial charge on any atom is -0.358 e. The first-order valence-corrected chi connectivity index (χ1v) is 15.0. The Kier molecular flexibility index (Phi) is 7.88. The van der Waals surface area contributed by atoms with Gasteiger partial charge in [0.1, 0.15) is 35.1 Å². The van der Waals surface area contributed by atoms with Crippen molar-refractivity contribution >= 4 is 44.0 Å². The first-order chi connectivity index (χ1) is 19.6. The smallest absolute Gasteiger partial charge is 0.295 e. The lowest BCUT2D eigenvalue weighted by atomic mass is 10.0. The van der Waals surface area contributed by atoms with Crippen LogP contribution in [-0.4, -0.2) is 40.8 Å². The SMILES string of the molecule is CC(C)c1ccc(Nc2cc(Nc3ccccc3S(C)(=O)=O)c3nc(C(F)F)n(C4CCCCO4)c3n2)nc1C#N. The molecule has 0 amide bonds. The number of pyridine rings is 2. The number of nitriles is 1. The van der Waals surface area contributed by atoms with Crippen molar-refractivity contribution in [2.75, 3.05) is 23.5 Å². The molecule has 1 atom stereocenters. The second-order valence-electron chi connectivity index (χ2n) is 10.1. The molecule has 41 heavy (non-hydrogen) atoms. The summed E-state index contributed by atoms with van der Waals surface area (Å²) in [7, 11) is -3.62. The summed E-state index contributed by atoms with van der Waals surface area (Å²) in [5.74, 6) is 0.142. The lowest BCUT2D eigenvalue weighted by Crippen LogP contribution is -2.20. The van der Waals surface area contributed by atoms with Crippen LogP contribution in [0.1, 0.15) is 68.8 Å². The molecule has 1 aliphatic heterocycles. The van der Waals surface area contributed by atoms with E-state index < -0.39 is 28.3 Å². The van der Waals surface area contributed by atoms with Gasteiger partial charge in [0.15, 0.2) is 21.3 Å². The van der Waals surface area contributed by atoms with E-state index >= 15 is 0 Å². The monoisotopic (exact) mass is 581 g/mol. The molecule has 3 aromatic heterocycles. The van der Waals surface area contributed by atoms with E-state index in [0.717, 1.165) is 24.7 Å². The molecule has 1 aromatic carbocycles. The number of halogens is 2. The first kappa shape index (κ1) is 28.4. The van der Waals surface area contributed by atoms with Crippen LogP contribution in [0.5, 0.6) is 0 Å². The summed E-state index contributed by atoms with van der Waals surface area (Å²) in [6.45, 7) is 4.34. The molecule has 214 valence electrons. The van der Waals surface area contributed by atoms with Crippen molar-refractivity contribution in [3.63, 3.8) is 0 Å². The minimum atomic E-state index is -3.62. The predicted octanol–water partition coefficient (Wildman–Crippen LogP) is 6.35. The van der Waals surface area contributed by atoms with E-state index in [-0.39, 0.29) is 44.9 Å². The number of sulfone groups is 1. The zero-order valence-electron chi connectivity index (χ0n) is 22.7. The molecule has 13 heteroatoms. The zero-order chi connectivity index (χ0) is 29.3. The lowest BCUT2D eigenvalue weighted by molar-refractivity contribution is -0.0363. The van der Waals surface area contributed by atoms with Gasteiger partial charge in [-0.3, -0.25) is 4.57 Å². The van der Waals surface area contributed by atoms with E-state index in [0.29, 0.717) is 18.8 Å². The second kappa shape index (κ2) is 11.4. The number of nitrogens with one attached hydrogen (secondary N) is 2. The van der Waals surface area contributed by atoms with Crippen molar-refractivity contribution in [1.29, 1.82) is 5.26 Å². The maximum atomic E-state index is 14.3. The molecule has 0 saturated carbocycles. The standard InChI is InChI=1S/C28H29F2N7O3S/c1-16(2)17-11-12-22(33-20(17)15-31)34-23-14-19(32-18-8-4-5-9-21(18)41(3,38)39)25-27(35-23)37(28(36-25)26(29)30)24-10-6-7-13-40-24/h4-5,8-9,11-12,14,16,24,26H,6-7,10,13H2,1-3H3,(H2,32,33,34,35). The Hall–Kier alpha value is -4.15. The molecule has 0 spiro atoms. The van der Waals surface area contributed by atoms with E-state index in [1.807, 2.05) is 13.8 Å². The van der Waals surface area contributed by atoms with Gasteiger partial charge in [0, 0.05) is 18.9 Å². The molecule has 1 saturated heterocycles. The van der Waals surface area contributed by atoms with Gasteiger partial charge in [-0.15, -0.1) is 0 Å². The summed E-state index contributed by atoms with van der Waals surface area (Å²) in [6.07, 6.45) is -0.390. The summed E-state index contributed by atoms with van der Waals surface area (Å²) in [5, 5.41) is 15.8. The highest BCUT2D eigenvalue weighted by Crippen LogP contribution is 2.37. The largest absolute Gasteiger partial charge is 0.358 e. The van der Waals surface area contributed by atoms with Gasteiger partial charge in [-0.1, -0.05) is 32.0 Å². The maximum absolute atomic E-state index is 14.3. The average Bonchev–Trinajstić information content (AvgIpc) is 3.33. The van der Waals surface area contributed by atoms with Crippen LogP contribution < -0.4 is 10.6 Å². The summed E-state index contributed by atoms with van der Waals surface area (Å²) in [4.78, 5) is 13.3. The highest BCUT2D eigenvalue weighted by atomic mass is 32.2. The number of para-hydroxylation sites is 1. The maximum Gasteiger partial charge on any atom is 0.295 e. The molecular weight excluding hydrogens is 552 g/mol. The molecule has 4 aromatic rings. The van der Waals surface area contributed by atoms with Crippen LogP contribution in [0.25, 0.3) is 11.2 Å². The van der Waals surface area contributed by atoms with Crippen LogP contribution in [0.2, 0.25) is 0 Å². The lowest BCUT2D eigenvalue weighted by Gasteiger charge is -2.25. The summed E-state index contributed by atoms with van der Waals surface area (Å²) < 4.78 is 60.7. The Labute approximate surface area is 236 Å². The molecule has 4 heterocycles. The number of nitrogens with zero attached hydrogens (tertiary/aromatic N) is 5. The van der Waals surface area contributed by atoms with Crippen LogP contribution in [0.3, 0.4) is 0 Å². The first-order valence-electron chi connectivity index (χ1n) is 13.1. The number of imidazole rings is 1. The molecule has 1 aliphatic rings. The molecule has 0 bridgehead atoms. The summed E-state index contributed by atoms with van der Waals surface area (Å²) >= 11 is 0. The number of anilines is 4. The zero-order valence-corrected chi connectivity index (χ0v) is 23.5. The second-order valence-corrected chi connectivity index (χ2v) is 12.1. The molecule has 2 N–H and O–H groups in total. The predicted molar refractivity (Wildman–Crippen MR) is 150 cm³/mol. The van der Waals surface area contributed by atoms with E-state index in [9.17, 15) is 22.5 Å². The third kappa shape index (κ3) is 5.84. The van der Waals surface area contributed by atoms with Gasteiger partial charge < -0.3 is 15.4 Å². The molecule has 0 radical (unpaired) electrons. The number of aromatic nitrogens is 4. The Balaban J connectivity index is 1.69. The van der Waals surface area contributed by atoms with Crippen molar-refractivity contribution in [3.8, 4) is 6.07 Å². The normalized spacial score (nSPS) is 15.8. The molecular formula is C28H29F2N7O3S. The Morgan fingerprint density at radius 3 is 2.49 bits per heavy atom. The molecule has 0 aliphatic carbocycles. The highest BCUT2D eigenvalue weighted by molar-refractivity contribution is 7.90. The summed E-state index contributed by atoms with van der Waals surface area (Å²) in [6, 6.07) is 13.5. The van der Waals surface area contributed by atoms with Crippen molar-refractivity contribution < 1.29 is 21.9 Å². The van der Waals surface area contributed by atoms with Crippen molar-refractivity contribution in [1.82, 2.24) is 19.5 Å². The third-order valence-corrected chi connectivity index (χ3v) is 7.94. The van der Waals surface area contributed by atoms with Gasteiger partial charge in [-0.2, -0.15) is 5.26 Å². The van der Waals surface area contributed by atoms with Crippen molar-refractivity contribution in [2.24, 2.45) is 0 Å². The van der Waals surface area contributed by atoms with Gasteiger partial charge in [0.25, 0.3) is 6.43 Å². The Morgan fingerprint density at radius 2 is 1.83 bits per heavy atom. The number of fused-ring (bicyclic) bond motifs is 1. The number of rotatable bonds is 8. The van der Waals surface area contributed by atoms with E-state index in [1.165, 1.54) is 10.6 Å². The van der Waals surface area contributed by atoms with E-state index in [2.05, 4.69) is 31.7 Å². The van der Waals surface area contributed by atoms with Crippen LogP contribution >= 0.6 is 0 Å². The number of ether oxygens (including phenoxy) is 1. The van der Waals surface area contributed by atoms with E-state index in [4.69, 9.17) is 4.74 Å². The molecule has 5 rings (SSSR count). The van der Waals surface area contributed by atoms with Crippen LogP contribution in [0, 0.1) is 11.3 Å². The van der Waals surface area contributed by atoms with Crippen LogP contribution in [0.15, 0.2) is 47.4 Å².